The van der Waals surface area contributed by atoms with Crippen molar-refractivity contribution in [3.63, 3.8) is 0 Å². The molecule has 0 bridgehead atoms. The van der Waals surface area contributed by atoms with Gasteiger partial charge in [0.25, 0.3) is 0 Å². The molecule has 0 unspecified atom stereocenters. The summed E-state index contributed by atoms with van der Waals surface area (Å²) in [5, 5.41) is 3.15. The van der Waals surface area contributed by atoms with E-state index in [4.69, 9.17) is 26.4 Å². The van der Waals surface area contributed by atoms with Gasteiger partial charge < -0.3 is 24.4 Å². The number of morpholine rings is 1. The maximum atomic E-state index is 12.1. The first-order chi connectivity index (χ1) is 30.5. The van der Waals surface area contributed by atoms with E-state index in [2.05, 4.69) is 67.1 Å². The Labute approximate surface area is 391 Å². The minimum atomic E-state index is -0.0598. The van der Waals surface area contributed by atoms with Gasteiger partial charge in [-0.15, -0.1) is 0 Å². The Balaban J connectivity index is 0.00000290. The molecular weight excluding hydrogens is 787 g/mol. The third kappa shape index (κ3) is 44.9. The highest BCUT2D eigenvalue weighted by atomic mass is 32.1. The van der Waals surface area contributed by atoms with Crippen LogP contribution in [-0.4, -0.2) is 94.0 Å². The highest BCUT2D eigenvalue weighted by molar-refractivity contribution is 7.78. The van der Waals surface area contributed by atoms with E-state index < -0.39 is 0 Å². The third-order valence-corrected chi connectivity index (χ3v) is 12.0. The zero-order valence-corrected chi connectivity index (χ0v) is 42.6. The lowest BCUT2D eigenvalue weighted by molar-refractivity contribution is -0.143. The van der Waals surface area contributed by atoms with Crippen LogP contribution in [0.3, 0.4) is 0 Å². The number of esters is 1. The summed E-state index contributed by atoms with van der Waals surface area (Å²) in [5.41, 5.74) is 3.03. The lowest BCUT2D eigenvalue weighted by Gasteiger charge is -2.26. The van der Waals surface area contributed by atoms with Gasteiger partial charge in [-0.1, -0.05) is 153 Å². The minimum absolute atomic E-state index is 0.0598. The smallest absolute Gasteiger partial charge is 0.305 e. The molecule has 0 aromatic rings. The Morgan fingerprint density at radius 3 is 1.48 bits per heavy atom. The van der Waals surface area contributed by atoms with Crippen molar-refractivity contribution in [3.8, 4) is 0 Å². The van der Waals surface area contributed by atoms with E-state index in [1.165, 1.54) is 178 Å². The maximum absolute atomic E-state index is 12.1. The highest BCUT2D eigenvalue weighted by Crippen LogP contribution is 2.17. The predicted octanol–water partition coefficient (Wildman–Crippen LogP) is 14.9. The zero-order valence-electron chi connectivity index (χ0n) is 41.8. The van der Waals surface area contributed by atoms with Crippen LogP contribution in [0.1, 0.15) is 227 Å². The predicted molar refractivity (Wildman–Crippen MR) is 274 cm³/mol. The minimum Gasteiger partial charge on any atom is -0.498 e. The molecule has 0 aromatic carbocycles. The molecule has 1 aliphatic rings. The summed E-state index contributed by atoms with van der Waals surface area (Å²) in [5.74, 6) is 1.11. The number of hydrogen-bond donors (Lipinski definition) is 1. The van der Waals surface area contributed by atoms with E-state index in [0.29, 0.717) is 13.0 Å². The Bertz CT molecular complexity index is 1040. The summed E-state index contributed by atoms with van der Waals surface area (Å²) in [6.07, 6.45) is 47.8. The van der Waals surface area contributed by atoms with E-state index in [-0.39, 0.29) is 5.97 Å². The Hall–Kier alpha value is -1.74. The fraction of sp³-hybridized carbons (Fsp3) is 0.852. The van der Waals surface area contributed by atoms with E-state index in [9.17, 15) is 4.79 Å². The summed E-state index contributed by atoms with van der Waals surface area (Å²) >= 11 is 5.25. The molecule has 0 amide bonds. The van der Waals surface area contributed by atoms with Crippen LogP contribution in [0.2, 0.25) is 0 Å². The normalized spacial score (nSPS) is 13.0. The highest BCUT2D eigenvalue weighted by Gasteiger charge is 2.09. The molecule has 364 valence electrons. The van der Waals surface area contributed by atoms with Gasteiger partial charge in [-0.3, -0.25) is 9.69 Å². The number of nitrogens with zero attached hydrogens (tertiary/aromatic N) is 2. The van der Waals surface area contributed by atoms with E-state index >= 15 is 0 Å². The van der Waals surface area contributed by atoms with Crippen LogP contribution in [0, 0.1) is 0 Å². The molecule has 0 spiro atoms. The van der Waals surface area contributed by atoms with Crippen molar-refractivity contribution < 1.29 is 19.0 Å². The Kier molecular flexibility index (Phi) is 48.9. The van der Waals surface area contributed by atoms with Crippen LogP contribution in [0.5, 0.6) is 0 Å². The second-order valence-electron chi connectivity index (χ2n) is 17.9. The lowest BCUT2D eigenvalue weighted by Crippen LogP contribution is -2.37. The quantitative estimate of drug-likeness (QED) is 0.0213. The van der Waals surface area contributed by atoms with Crippen LogP contribution in [0.15, 0.2) is 35.6 Å². The number of ether oxygens (including phenoxy) is 3. The average Bonchev–Trinajstić information content (AvgIpc) is 3.28. The molecule has 1 N–H and O–H groups in total. The van der Waals surface area contributed by atoms with Gasteiger partial charge >= 0.3 is 5.97 Å². The van der Waals surface area contributed by atoms with Crippen molar-refractivity contribution in [3.05, 3.63) is 35.6 Å². The Morgan fingerprint density at radius 1 is 0.597 bits per heavy atom. The molecule has 1 fully saturated rings. The number of thiocarbonyl (C=S) groups is 1. The summed E-state index contributed by atoms with van der Waals surface area (Å²) < 4.78 is 16.9. The largest absolute Gasteiger partial charge is 0.498 e. The second-order valence-corrected chi connectivity index (χ2v) is 18.1. The number of carbonyl (C=O) groups excluding carboxylic acids is 1. The number of hydrogen-bond acceptors (Lipinski definition) is 7. The van der Waals surface area contributed by atoms with Gasteiger partial charge in [0.15, 0.2) is 0 Å². The SMILES string of the molecule is CCCCCCCC/C=C\CCCCCCCC(=O)OCCCN(C=S)CCCOC(CCCCCCC/C=C\CCCCCCCC)=C(C)C.CNCCCN1CCOCC1. The van der Waals surface area contributed by atoms with Crippen LogP contribution < -0.4 is 5.32 Å². The van der Waals surface area contributed by atoms with Crippen LogP contribution in [-0.2, 0) is 19.0 Å². The van der Waals surface area contributed by atoms with E-state index in [1.807, 2.05) is 7.05 Å². The summed E-state index contributed by atoms with van der Waals surface area (Å²) in [4.78, 5) is 16.7. The van der Waals surface area contributed by atoms with Gasteiger partial charge in [0.05, 0.1) is 37.7 Å². The second kappa shape index (κ2) is 50.3. The molecule has 7 nitrogen and oxygen atoms in total. The molecule has 1 heterocycles. The molecular formula is C54H103N3O4S. The van der Waals surface area contributed by atoms with Crippen LogP contribution in [0.25, 0.3) is 0 Å². The third-order valence-electron chi connectivity index (χ3n) is 11.7. The molecule has 0 saturated carbocycles. The molecule has 1 rings (SSSR count). The molecule has 0 aliphatic carbocycles. The van der Waals surface area contributed by atoms with Crippen molar-refractivity contribution >= 4 is 23.7 Å². The molecule has 0 aromatic heterocycles. The number of rotatable bonds is 44. The monoisotopic (exact) mass is 890 g/mol. The van der Waals surface area contributed by atoms with Gasteiger partial charge in [-0.25, -0.2) is 0 Å². The van der Waals surface area contributed by atoms with Crippen molar-refractivity contribution in [2.24, 2.45) is 0 Å². The fourth-order valence-electron chi connectivity index (χ4n) is 7.67. The van der Waals surface area contributed by atoms with Gasteiger partial charge in [-0.2, -0.15) is 0 Å². The first-order valence-corrected chi connectivity index (χ1v) is 26.8. The first-order valence-electron chi connectivity index (χ1n) is 26.4. The molecule has 1 saturated heterocycles. The molecule has 62 heavy (non-hydrogen) atoms. The van der Waals surface area contributed by atoms with Crippen molar-refractivity contribution in [1.82, 2.24) is 15.1 Å². The first kappa shape index (κ1) is 60.3. The summed E-state index contributed by atoms with van der Waals surface area (Å²) in [6.45, 7) is 18.1. The van der Waals surface area contributed by atoms with Crippen molar-refractivity contribution in [2.45, 2.75) is 227 Å². The summed E-state index contributed by atoms with van der Waals surface area (Å²) in [6, 6.07) is 0. The number of nitrogens with one attached hydrogen (secondary N) is 1. The Morgan fingerprint density at radius 2 is 1.03 bits per heavy atom. The van der Waals surface area contributed by atoms with Crippen molar-refractivity contribution in [1.29, 1.82) is 0 Å². The van der Waals surface area contributed by atoms with Crippen molar-refractivity contribution in [2.75, 3.05) is 72.7 Å². The van der Waals surface area contributed by atoms with E-state index in [0.717, 1.165) is 84.6 Å². The van der Waals surface area contributed by atoms with Crippen LogP contribution in [0.4, 0.5) is 0 Å². The van der Waals surface area contributed by atoms with Crippen LogP contribution >= 0.6 is 12.2 Å². The standard InChI is InChI=1S/C46H85NO3S.C8H18N2O/c1-5-7-9-11-13-15-17-19-21-23-25-27-29-31-33-37-45(44(3)4)49-41-35-39-47(43-51)40-36-42-50-46(48)38-34-32-30-28-26-24-22-20-18-16-14-12-10-8-6-2;1-9-3-2-4-10-5-7-11-8-6-10/h19-22,43H,5-18,23-42H2,1-4H3;9H,2-8H2,1H3/b21-19-,22-20-;. The van der Waals surface area contributed by atoms with Gasteiger partial charge in [0.2, 0.25) is 0 Å². The number of allylic oxidation sites excluding steroid dienone is 6. The number of carbonyl (C=O) groups is 1. The lowest BCUT2D eigenvalue weighted by atomic mass is 10.1. The van der Waals surface area contributed by atoms with Gasteiger partial charge in [-0.05, 0) is 123 Å². The molecule has 8 heteroatoms. The summed E-state index contributed by atoms with van der Waals surface area (Å²) in [7, 11) is 2.00. The zero-order chi connectivity index (χ0) is 45.2. The maximum Gasteiger partial charge on any atom is 0.305 e. The van der Waals surface area contributed by atoms with E-state index in [1.54, 1.807) is 5.49 Å². The average molecular weight is 891 g/mol. The van der Waals surface area contributed by atoms with Gasteiger partial charge in [0, 0.05) is 39.0 Å². The molecule has 0 radical (unpaired) electrons. The molecule has 1 aliphatic heterocycles. The van der Waals surface area contributed by atoms with Gasteiger partial charge in [0.1, 0.15) is 0 Å². The fourth-order valence-corrected chi connectivity index (χ4v) is 7.88. The number of unbranched alkanes of at least 4 members (excludes halogenated alkanes) is 22. The molecule has 0 atom stereocenters. The topological polar surface area (TPSA) is 63.3 Å².